The summed E-state index contributed by atoms with van der Waals surface area (Å²) in [6.07, 6.45) is 1.82. The number of hydrogen-bond acceptors (Lipinski definition) is 2. The molecule has 0 bridgehead atoms. The molecule has 18 heavy (non-hydrogen) atoms. The molecule has 0 aliphatic heterocycles. The number of nitrogens with zero attached hydrogens (tertiary/aromatic N) is 1. The largest absolute Gasteiger partial charge is 0.366 e. The van der Waals surface area contributed by atoms with Gasteiger partial charge in [-0.1, -0.05) is 6.08 Å². The van der Waals surface area contributed by atoms with Crippen LogP contribution in [-0.4, -0.2) is 10.5 Å². The monoisotopic (exact) mass is 260 g/mol. The average molecular weight is 260 g/mol. The van der Waals surface area contributed by atoms with Gasteiger partial charge < -0.3 is 10.3 Å². The number of thiophene rings is 1. The Morgan fingerprint density at radius 3 is 2.72 bits per heavy atom. The predicted octanol–water partition coefficient (Wildman–Crippen LogP) is 3.12. The molecule has 0 spiro atoms. The third kappa shape index (κ3) is 1.88. The quantitative estimate of drug-likeness (QED) is 0.844. The molecule has 0 aromatic carbocycles. The molecule has 0 atom stereocenters. The molecule has 0 saturated carbocycles. The van der Waals surface area contributed by atoms with Crippen LogP contribution in [-0.2, 0) is 6.54 Å². The minimum Gasteiger partial charge on any atom is -0.366 e. The van der Waals surface area contributed by atoms with Crippen LogP contribution >= 0.6 is 11.3 Å². The second kappa shape index (κ2) is 4.82. The van der Waals surface area contributed by atoms with Gasteiger partial charge in [0.2, 0.25) is 0 Å². The number of allylic oxidation sites excluding steroid dienone is 1. The minimum absolute atomic E-state index is 0.375. The molecule has 0 fully saturated rings. The molecule has 2 heterocycles. The molecule has 94 valence electrons. The summed E-state index contributed by atoms with van der Waals surface area (Å²) in [6, 6.07) is 2.01. The van der Waals surface area contributed by atoms with Gasteiger partial charge in [-0.2, -0.15) is 11.3 Å². The fourth-order valence-corrected chi connectivity index (χ4v) is 2.99. The van der Waals surface area contributed by atoms with Crippen molar-refractivity contribution in [1.29, 1.82) is 0 Å². The number of nitrogens with two attached hydrogens (primary N) is 1. The normalized spacial score (nSPS) is 10.6. The molecule has 2 aromatic heterocycles. The van der Waals surface area contributed by atoms with Gasteiger partial charge in [0.15, 0.2) is 0 Å². The highest BCUT2D eigenvalue weighted by Gasteiger charge is 2.21. The number of amides is 1. The van der Waals surface area contributed by atoms with Crippen LogP contribution in [0.4, 0.5) is 0 Å². The number of primary amides is 1. The SMILES string of the molecule is C=CCn1c(C)c(C(N)=O)c(-c2ccsc2)c1C. The van der Waals surface area contributed by atoms with E-state index in [2.05, 4.69) is 11.1 Å². The summed E-state index contributed by atoms with van der Waals surface area (Å²) in [5, 5.41) is 4.03. The van der Waals surface area contributed by atoms with E-state index in [1.54, 1.807) is 11.3 Å². The van der Waals surface area contributed by atoms with E-state index in [4.69, 9.17) is 5.73 Å². The van der Waals surface area contributed by atoms with Crippen LogP contribution < -0.4 is 5.73 Å². The fourth-order valence-electron chi connectivity index (χ4n) is 2.35. The third-order valence-corrected chi connectivity index (χ3v) is 3.83. The summed E-state index contributed by atoms with van der Waals surface area (Å²) in [6.45, 7) is 8.37. The molecular formula is C14H16N2OS. The van der Waals surface area contributed by atoms with E-state index in [0.29, 0.717) is 12.1 Å². The van der Waals surface area contributed by atoms with Gasteiger partial charge >= 0.3 is 0 Å². The summed E-state index contributed by atoms with van der Waals surface area (Å²) in [5.74, 6) is -0.375. The highest BCUT2D eigenvalue weighted by Crippen LogP contribution is 2.33. The first kappa shape index (κ1) is 12.6. The Hall–Kier alpha value is -1.81. The van der Waals surface area contributed by atoms with E-state index in [1.165, 1.54) is 0 Å². The van der Waals surface area contributed by atoms with Crippen LogP contribution in [0.2, 0.25) is 0 Å². The first-order chi connectivity index (χ1) is 8.57. The van der Waals surface area contributed by atoms with Crippen LogP contribution in [0.5, 0.6) is 0 Å². The fraction of sp³-hybridized carbons (Fsp3) is 0.214. The zero-order chi connectivity index (χ0) is 13.3. The van der Waals surface area contributed by atoms with Crippen molar-refractivity contribution in [2.45, 2.75) is 20.4 Å². The first-order valence-electron chi connectivity index (χ1n) is 5.70. The Morgan fingerprint density at radius 1 is 1.50 bits per heavy atom. The number of rotatable bonds is 4. The second-order valence-corrected chi connectivity index (χ2v) is 4.98. The number of aromatic nitrogens is 1. The van der Waals surface area contributed by atoms with E-state index in [9.17, 15) is 4.79 Å². The minimum atomic E-state index is -0.375. The lowest BCUT2D eigenvalue weighted by Crippen LogP contribution is -2.13. The van der Waals surface area contributed by atoms with Crippen LogP contribution in [0.3, 0.4) is 0 Å². The Labute approximate surface area is 111 Å². The van der Waals surface area contributed by atoms with Gasteiger partial charge in [-0.25, -0.2) is 0 Å². The topological polar surface area (TPSA) is 48.0 Å². The second-order valence-electron chi connectivity index (χ2n) is 4.20. The van der Waals surface area contributed by atoms with Gasteiger partial charge in [-0.15, -0.1) is 6.58 Å². The molecule has 1 amide bonds. The predicted molar refractivity (Wildman–Crippen MR) is 75.9 cm³/mol. The summed E-state index contributed by atoms with van der Waals surface area (Å²) < 4.78 is 2.07. The summed E-state index contributed by atoms with van der Waals surface area (Å²) in [4.78, 5) is 11.7. The maximum Gasteiger partial charge on any atom is 0.251 e. The van der Waals surface area contributed by atoms with Crippen LogP contribution in [0, 0.1) is 13.8 Å². The van der Waals surface area contributed by atoms with Crippen LogP contribution in [0.15, 0.2) is 29.5 Å². The van der Waals surface area contributed by atoms with E-state index in [0.717, 1.165) is 22.5 Å². The van der Waals surface area contributed by atoms with Gasteiger partial charge in [0.1, 0.15) is 0 Å². The number of carbonyl (C=O) groups excluding carboxylic acids is 1. The van der Waals surface area contributed by atoms with Crippen molar-refractivity contribution >= 4 is 17.2 Å². The molecule has 0 unspecified atom stereocenters. The Kier molecular flexibility index (Phi) is 3.39. The Bertz CT molecular complexity index is 594. The summed E-state index contributed by atoms with van der Waals surface area (Å²) >= 11 is 1.61. The van der Waals surface area contributed by atoms with Crippen molar-refractivity contribution in [2.24, 2.45) is 5.73 Å². The van der Waals surface area contributed by atoms with Gasteiger partial charge in [0.05, 0.1) is 5.56 Å². The van der Waals surface area contributed by atoms with Gasteiger partial charge in [0.25, 0.3) is 5.91 Å². The van der Waals surface area contributed by atoms with Crippen LogP contribution in [0.25, 0.3) is 11.1 Å². The molecule has 3 nitrogen and oxygen atoms in total. The van der Waals surface area contributed by atoms with Crippen molar-refractivity contribution in [3.8, 4) is 11.1 Å². The number of carbonyl (C=O) groups is 1. The maximum absolute atomic E-state index is 11.7. The van der Waals surface area contributed by atoms with Gasteiger partial charge in [0, 0.05) is 23.5 Å². The van der Waals surface area contributed by atoms with Crippen molar-refractivity contribution < 1.29 is 4.79 Å². The van der Waals surface area contributed by atoms with Crippen molar-refractivity contribution in [3.63, 3.8) is 0 Å². The summed E-state index contributed by atoms with van der Waals surface area (Å²) in [7, 11) is 0. The standard InChI is InChI=1S/C14H16N2OS/c1-4-6-16-9(2)12(11-5-7-18-8-11)13(10(16)3)14(15)17/h4-5,7-8H,1,6H2,2-3H3,(H2,15,17). The summed E-state index contributed by atoms with van der Waals surface area (Å²) in [5.41, 5.74) is 10.1. The van der Waals surface area contributed by atoms with Crippen LogP contribution in [0.1, 0.15) is 21.7 Å². The smallest absolute Gasteiger partial charge is 0.251 e. The molecule has 0 aliphatic rings. The highest BCUT2D eigenvalue weighted by molar-refractivity contribution is 7.08. The zero-order valence-corrected chi connectivity index (χ0v) is 11.4. The molecule has 2 aromatic rings. The average Bonchev–Trinajstić information content (AvgIpc) is 2.90. The van der Waals surface area contributed by atoms with Gasteiger partial charge in [-0.3, -0.25) is 4.79 Å². The number of hydrogen-bond donors (Lipinski definition) is 1. The maximum atomic E-state index is 11.7. The molecule has 0 aliphatic carbocycles. The lowest BCUT2D eigenvalue weighted by atomic mass is 10.0. The molecule has 0 saturated heterocycles. The molecule has 4 heteroatoms. The lowest BCUT2D eigenvalue weighted by Gasteiger charge is -2.05. The van der Waals surface area contributed by atoms with E-state index >= 15 is 0 Å². The zero-order valence-electron chi connectivity index (χ0n) is 10.6. The van der Waals surface area contributed by atoms with E-state index < -0.39 is 0 Å². The van der Waals surface area contributed by atoms with Gasteiger partial charge in [-0.05, 0) is 36.2 Å². The molecule has 2 N–H and O–H groups in total. The first-order valence-corrected chi connectivity index (χ1v) is 6.65. The molecule has 2 rings (SSSR count). The third-order valence-electron chi connectivity index (χ3n) is 3.15. The Morgan fingerprint density at radius 2 is 2.22 bits per heavy atom. The van der Waals surface area contributed by atoms with E-state index in [-0.39, 0.29) is 5.91 Å². The molecular weight excluding hydrogens is 244 g/mol. The van der Waals surface area contributed by atoms with E-state index in [1.807, 2.05) is 36.7 Å². The van der Waals surface area contributed by atoms with Crippen molar-refractivity contribution in [1.82, 2.24) is 4.57 Å². The Balaban J connectivity index is 2.74. The molecule has 0 radical (unpaired) electrons. The van der Waals surface area contributed by atoms with Crippen molar-refractivity contribution in [3.05, 3.63) is 46.4 Å². The van der Waals surface area contributed by atoms with Crippen molar-refractivity contribution in [2.75, 3.05) is 0 Å². The highest BCUT2D eigenvalue weighted by atomic mass is 32.1. The lowest BCUT2D eigenvalue weighted by molar-refractivity contribution is 0.1000.